The molecule has 5 heteroatoms. The van der Waals surface area contributed by atoms with Crippen LogP contribution < -0.4 is 10.3 Å². The number of benzene rings is 2. The maximum Gasteiger partial charge on any atom is 0.229 e. The number of hydrogen-bond acceptors (Lipinski definition) is 4. The molecule has 0 fully saturated rings. The van der Waals surface area contributed by atoms with Crippen LogP contribution in [0.25, 0.3) is 10.9 Å². The lowest BCUT2D eigenvalue weighted by Gasteiger charge is -2.29. The number of anilines is 2. The topological polar surface area (TPSA) is 57.6 Å². The van der Waals surface area contributed by atoms with Crippen molar-refractivity contribution in [3.05, 3.63) is 66.4 Å². The number of rotatable bonds is 1. The molecule has 1 aliphatic heterocycles. The molecule has 0 saturated heterocycles. The van der Waals surface area contributed by atoms with E-state index in [4.69, 9.17) is 0 Å². The van der Waals surface area contributed by atoms with Crippen molar-refractivity contribution in [3.8, 4) is 0 Å². The van der Waals surface area contributed by atoms with Crippen LogP contribution in [0.2, 0.25) is 0 Å². The first-order chi connectivity index (χ1) is 11.3. The third-order valence-electron chi connectivity index (χ3n) is 3.83. The summed E-state index contributed by atoms with van der Waals surface area (Å²) in [6.07, 6.45) is 1.71. The third-order valence-corrected chi connectivity index (χ3v) is 3.83. The summed E-state index contributed by atoms with van der Waals surface area (Å²) in [7, 11) is 0. The van der Waals surface area contributed by atoms with Gasteiger partial charge in [0, 0.05) is 17.9 Å². The number of para-hydroxylation sites is 1. The summed E-state index contributed by atoms with van der Waals surface area (Å²) in [6.45, 7) is 1.53. The Bertz CT molecular complexity index is 934. The van der Waals surface area contributed by atoms with Crippen LogP contribution >= 0.6 is 0 Å². The van der Waals surface area contributed by atoms with Gasteiger partial charge in [0.25, 0.3) is 0 Å². The van der Waals surface area contributed by atoms with Crippen LogP contribution in [0.1, 0.15) is 12.5 Å². The first kappa shape index (κ1) is 13.5. The molecule has 4 rings (SSSR count). The number of amidine groups is 1. The van der Waals surface area contributed by atoms with Crippen molar-refractivity contribution in [2.45, 2.75) is 6.92 Å². The van der Waals surface area contributed by atoms with Gasteiger partial charge in [0.05, 0.1) is 23.1 Å². The molecule has 0 radical (unpaired) electrons. The van der Waals surface area contributed by atoms with Gasteiger partial charge in [-0.3, -0.25) is 20.1 Å². The van der Waals surface area contributed by atoms with Gasteiger partial charge in [0.2, 0.25) is 5.91 Å². The molecule has 1 N–H and O–H groups in total. The second-order valence-electron chi connectivity index (χ2n) is 5.30. The smallest absolute Gasteiger partial charge is 0.229 e. The van der Waals surface area contributed by atoms with Gasteiger partial charge in [-0.2, -0.15) is 5.10 Å². The van der Waals surface area contributed by atoms with Crippen LogP contribution in [0, 0.1) is 0 Å². The minimum atomic E-state index is -0.104. The van der Waals surface area contributed by atoms with Crippen molar-refractivity contribution in [1.82, 2.24) is 4.98 Å². The molecular weight excluding hydrogens is 288 g/mol. The summed E-state index contributed by atoms with van der Waals surface area (Å²) in [4.78, 5) is 18.3. The number of pyridine rings is 1. The van der Waals surface area contributed by atoms with Crippen LogP contribution in [-0.2, 0) is 4.79 Å². The highest BCUT2D eigenvalue weighted by molar-refractivity contribution is 6.26. The Balaban J connectivity index is 1.93. The van der Waals surface area contributed by atoms with Gasteiger partial charge in [-0.25, -0.2) is 0 Å². The molecule has 1 amide bonds. The lowest BCUT2D eigenvalue weighted by atomic mass is 10.1. The number of hydrogen-bond donors (Lipinski definition) is 1. The highest BCUT2D eigenvalue weighted by atomic mass is 16.2. The van der Waals surface area contributed by atoms with E-state index in [0.29, 0.717) is 11.5 Å². The van der Waals surface area contributed by atoms with E-state index in [2.05, 4.69) is 15.5 Å². The van der Waals surface area contributed by atoms with E-state index in [-0.39, 0.29) is 5.91 Å². The second kappa shape index (κ2) is 5.21. The molecule has 0 saturated carbocycles. The summed E-state index contributed by atoms with van der Waals surface area (Å²) in [5.41, 5.74) is 6.33. The van der Waals surface area contributed by atoms with Gasteiger partial charge in [-0.1, -0.05) is 48.5 Å². The van der Waals surface area contributed by atoms with Crippen molar-refractivity contribution in [1.29, 1.82) is 0 Å². The monoisotopic (exact) mass is 302 g/mol. The standard InChI is InChI=1S/C18H14N4O/c1-12(23)22-16-11-19-15-10-6-5-9-14(15)17(16)20-21-18(22)13-7-3-2-4-8-13/h2-11,20H,1H3. The van der Waals surface area contributed by atoms with Crippen molar-refractivity contribution < 1.29 is 4.79 Å². The number of carbonyl (C=O) groups is 1. The van der Waals surface area contributed by atoms with Crippen molar-refractivity contribution >= 4 is 34.0 Å². The average molecular weight is 302 g/mol. The van der Waals surface area contributed by atoms with Gasteiger partial charge >= 0.3 is 0 Å². The number of nitrogens with zero attached hydrogens (tertiary/aromatic N) is 3. The predicted octanol–water partition coefficient (Wildman–Crippen LogP) is 3.38. The minimum absolute atomic E-state index is 0.104. The molecule has 2 heterocycles. The van der Waals surface area contributed by atoms with Crippen LogP contribution in [0.15, 0.2) is 65.9 Å². The summed E-state index contributed by atoms with van der Waals surface area (Å²) >= 11 is 0. The molecule has 23 heavy (non-hydrogen) atoms. The highest BCUT2D eigenvalue weighted by Gasteiger charge is 2.27. The summed E-state index contributed by atoms with van der Waals surface area (Å²) in [5, 5.41) is 5.37. The normalized spacial score (nSPS) is 13.3. The largest absolute Gasteiger partial charge is 0.274 e. The van der Waals surface area contributed by atoms with Crippen LogP contribution in [0.3, 0.4) is 0 Å². The van der Waals surface area contributed by atoms with Gasteiger partial charge in [-0.15, -0.1) is 0 Å². The van der Waals surface area contributed by atoms with Gasteiger partial charge in [-0.05, 0) is 6.07 Å². The average Bonchev–Trinajstić information content (AvgIpc) is 2.61. The fourth-order valence-corrected chi connectivity index (χ4v) is 2.79. The fourth-order valence-electron chi connectivity index (χ4n) is 2.79. The SMILES string of the molecule is CC(=O)N1C(c2ccccc2)=NNc2c1cnc1ccccc21. The van der Waals surface area contributed by atoms with Crippen LogP contribution in [0.5, 0.6) is 0 Å². The molecule has 1 aromatic heterocycles. The summed E-state index contributed by atoms with van der Waals surface area (Å²) < 4.78 is 0. The molecule has 0 bridgehead atoms. The Morgan fingerprint density at radius 1 is 1.04 bits per heavy atom. The maximum atomic E-state index is 12.3. The summed E-state index contributed by atoms with van der Waals surface area (Å²) in [5.74, 6) is 0.468. The zero-order chi connectivity index (χ0) is 15.8. The Labute approximate surface area is 133 Å². The lowest BCUT2D eigenvalue weighted by molar-refractivity contribution is -0.115. The van der Waals surface area contributed by atoms with E-state index in [1.165, 1.54) is 6.92 Å². The molecule has 2 aromatic carbocycles. The highest BCUT2D eigenvalue weighted by Crippen LogP contribution is 2.36. The molecule has 0 spiro atoms. The molecule has 112 valence electrons. The number of hydrazone groups is 1. The summed E-state index contributed by atoms with van der Waals surface area (Å²) in [6, 6.07) is 17.4. The number of amides is 1. The van der Waals surface area contributed by atoms with Crippen molar-refractivity contribution in [3.63, 3.8) is 0 Å². The van der Waals surface area contributed by atoms with E-state index in [0.717, 1.165) is 22.2 Å². The molecule has 1 aliphatic rings. The number of nitrogens with one attached hydrogen (secondary N) is 1. The molecular formula is C18H14N4O. The van der Waals surface area contributed by atoms with Crippen molar-refractivity contribution in [2.24, 2.45) is 5.10 Å². The zero-order valence-electron chi connectivity index (χ0n) is 12.5. The lowest BCUT2D eigenvalue weighted by Crippen LogP contribution is -2.39. The molecule has 0 atom stereocenters. The third kappa shape index (κ3) is 2.14. The Morgan fingerprint density at radius 3 is 2.57 bits per heavy atom. The van der Waals surface area contributed by atoms with Gasteiger partial charge < -0.3 is 0 Å². The predicted molar refractivity (Wildman–Crippen MR) is 91.5 cm³/mol. The van der Waals surface area contributed by atoms with E-state index < -0.39 is 0 Å². The molecule has 0 unspecified atom stereocenters. The van der Waals surface area contributed by atoms with E-state index >= 15 is 0 Å². The number of fused-ring (bicyclic) bond motifs is 3. The number of aromatic nitrogens is 1. The van der Waals surface area contributed by atoms with E-state index in [1.54, 1.807) is 11.1 Å². The Morgan fingerprint density at radius 2 is 1.78 bits per heavy atom. The molecule has 5 nitrogen and oxygen atoms in total. The van der Waals surface area contributed by atoms with Gasteiger partial charge in [0.15, 0.2) is 5.84 Å². The first-order valence-electron chi connectivity index (χ1n) is 7.33. The fraction of sp³-hybridized carbons (Fsp3) is 0.0556. The minimum Gasteiger partial charge on any atom is -0.274 e. The Kier molecular flexibility index (Phi) is 3.05. The second-order valence-corrected chi connectivity index (χ2v) is 5.30. The van der Waals surface area contributed by atoms with E-state index in [1.807, 2.05) is 54.6 Å². The Hall–Kier alpha value is -3.21. The van der Waals surface area contributed by atoms with Gasteiger partial charge in [0.1, 0.15) is 0 Å². The van der Waals surface area contributed by atoms with Crippen LogP contribution in [0.4, 0.5) is 11.4 Å². The zero-order valence-corrected chi connectivity index (χ0v) is 12.5. The van der Waals surface area contributed by atoms with Crippen molar-refractivity contribution in [2.75, 3.05) is 10.3 Å². The number of carbonyl (C=O) groups excluding carboxylic acids is 1. The van der Waals surface area contributed by atoms with E-state index in [9.17, 15) is 4.79 Å². The molecule has 3 aromatic rings. The van der Waals surface area contributed by atoms with Crippen LogP contribution in [-0.4, -0.2) is 16.7 Å². The quantitative estimate of drug-likeness (QED) is 0.749. The first-order valence-corrected chi connectivity index (χ1v) is 7.33. The maximum absolute atomic E-state index is 12.3. The molecule has 0 aliphatic carbocycles.